The summed E-state index contributed by atoms with van der Waals surface area (Å²) >= 11 is 0. The Morgan fingerprint density at radius 1 is 1.14 bits per heavy atom. The third-order valence-corrected chi connectivity index (χ3v) is 3.26. The van der Waals surface area contributed by atoms with E-state index in [1.54, 1.807) is 0 Å². The van der Waals surface area contributed by atoms with Gasteiger partial charge < -0.3 is 9.73 Å². The van der Waals surface area contributed by atoms with Crippen LogP contribution < -0.4 is 5.32 Å². The van der Waals surface area contributed by atoms with E-state index in [4.69, 9.17) is 4.42 Å². The lowest BCUT2D eigenvalue weighted by Crippen LogP contribution is -2.24. The summed E-state index contributed by atoms with van der Waals surface area (Å²) in [4.78, 5) is 16.2. The fraction of sp³-hybridized carbons (Fsp3) is 0.176. The molecule has 106 valence electrons. The van der Waals surface area contributed by atoms with Gasteiger partial charge in [0, 0.05) is 13.5 Å². The summed E-state index contributed by atoms with van der Waals surface area (Å²) in [6.07, 6.45) is 0.395. The molecule has 0 aliphatic carbocycles. The fourth-order valence-corrected chi connectivity index (χ4v) is 2.24. The number of fused-ring (bicyclic) bond motifs is 1. The van der Waals surface area contributed by atoms with Gasteiger partial charge in [-0.1, -0.05) is 36.4 Å². The number of carbonyl (C=O) groups excluding carboxylic acids is 1. The molecule has 0 fully saturated rings. The molecule has 0 saturated heterocycles. The number of hydrogen-bond acceptors (Lipinski definition) is 3. The van der Waals surface area contributed by atoms with Crippen LogP contribution in [0.1, 0.15) is 17.0 Å². The number of aryl methyl sites for hydroxylation is 1. The molecule has 1 N–H and O–H groups in total. The Balaban J connectivity index is 1.62. The highest BCUT2D eigenvalue weighted by atomic mass is 16.3. The number of amides is 1. The molecule has 0 aliphatic heterocycles. The van der Waals surface area contributed by atoms with Crippen LogP contribution in [-0.4, -0.2) is 10.9 Å². The first-order valence-electron chi connectivity index (χ1n) is 6.87. The van der Waals surface area contributed by atoms with Gasteiger partial charge in [-0.05, 0) is 23.3 Å². The van der Waals surface area contributed by atoms with Crippen molar-refractivity contribution in [1.29, 1.82) is 0 Å². The number of benzene rings is 2. The summed E-state index contributed by atoms with van der Waals surface area (Å²) < 4.78 is 5.43. The van der Waals surface area contributed by atoms with Crippen LogP contribution in [0.5, 0.6) is 0 Å². The van der Waals surface area contributed by atoms with Crippen molar-refractivity contribution in [3.8, 4) is 0 Å². The maximum absolute atomic E-state index is 11.9. The zero-order valence-electron chi connectivity index (χ0n) is 11.8. The SMILES string of the molecule is Cc1nc2cc(CNC(=O)Cc3ccccc3)ccc2o1. The summed E-state index contributed by atoms with van der Waals surface area (Å²) in [7, 11) is 0. The minimum Gasteiger partial charge on any atom is -0.441 e. The Kier molecular flexibility index (Phi) is 3.69. The van der Waals surface area contributed by atoms with Crippen molar-refractivity contribution in [3.63, 3.8) is 0 Å². The van der Waals surface area contributed by atoms with Crippen molar-refractivity contribution in [2.75, 3.05) is 0 Å². The minimum absolute atomic E-state index is 0.0117. The number of nitrogens with one attached hydrogen (secondary N) is 1. The Morgan fingerprint density at radius 2 is 1.95 bits per heavy atom. The second kappa shape index (κ2) is 5.79. The number of carbonyl (C=O) groups is 1. The van der Waals surface area contributed by atoms with Crippen LogP contribution in [0, 0.1) is 6.92 Å². The zero-order chi connectivity index (χ0) is 14.7. The van der Waals surface area contributed by atoms with Crippen LogP contribution in [-0.2, 0) is 17.8 Å². The molecular weight excluding hydrogens is 264 g/mol. The second-order valence-electron chi connectivity index (χ2n) is 4.97. The van der Waals surface area contributed by atoms with E-state index in [0.29, 0.717) is 18.9 Å². The summed E-state index contributed by atoms with van der Waals surface area (Å²) in [5, 5.41) is 2.92. The minimum atomic E-state index is 0.0117. The summed E-state index contributed by atoms with van der Waals surface area (Å²) in [5.41, 5.74) is 3.61. The van der Waals surface area contributed by atoms with Gasteiger partial charge in [-0.25, -0.2) is 4.98 Å². The Morgan fingerprint density at radius 3 is 2.76 bits per heavy atom. The monoisotopic (exact) mass is 280 g/mol. The molecule has 0 unspecified atom stereocenters. The van der Waals surface area contributed by atoms with E-state index in [0.717, 1.165) is 22.2 Å². The van der Waals surface area contributed by atoms with Gasteiger partial charge in [0.25, 0.3) is 0 Å². The van der Waals surface area contributed by atoms with Crippen molar-refractivity contribution < 1.29 is 9.21 Å². The molecule has 0 aliphatic rings. The normalized spacial score (nSPS) is 10.7. The van der Waals surface area contributed by atoms with E-state index < -0.39 is 0 Å². The molecule has 0 bridgehead atoms. The zero-order valence-corrected chi connectivity index (χ0v) is 11.8. The van der Waals surface area contributed by atoms with Crippen molar-refractivity contribution in [2.45, 2.75) is 19.9 Å². The first-order chi connectivity index (χ1) is 10.2. The van der Waals surface area contributed by atoms with Gasteiger partial charge in [-0.2, -0.15) is 0 Å². The molecular formula is C17H16N2O2. The van der Waals surface area contributed by atoms with Gasteiger partial charge in [0.2, 0.25) is 5.91 Å². The smallest absolute Gasteiger partial charge is 0.224 e. The van der Waals surface area contributed by atoms with Crippen molar-refractivity contribution in [3.05, 3.63) is 65.5 Å². The molecule has 4 nitrogen and oxygen atoms in total. The number of nitrogens with zero attached hydrogens (tertiary/aromatic N) is 1. The van der Waals surface area contributed by atoms with Gasteiger partial charge in [-0.3, -0.25) is 4.79 Å². The molecule has 0 radical (unpaired) electrons. The average Bonchev–Trinajstić information content (AvgIpc) is 2.85. The molecule has 1 aromatic heterocycles. The van der Waals surface area contributed by atoms with Gasteiger partial charge in [-0.15, -0.1) is 0 Å². The van der Waals surface area contributed by atoms with Crippen LogP contribution in [0.15, 0.2) is 52.9 Å². The first kappa shape index (κ1) is 13.4. The highest BCUT2D eigenvalue weighted by Gasteiger charge is 2.05. The van der Waals surface area contributed by atoms with Crippen LogP contribution in [0.25, 0.3) is 11.1 Å². The Hall–Kier alpha value is -2.62. The lowest BCUT2D eigenvalue weighted by atomic mass is 10.1. The van der Waals surface area contributed by atoms with E-state index in [1.807, 2.05) is 55.5 Å². The molecule has 0 saturated carbocycles. The quantitative estimate of drug-likeness (QED) is 0.799. The van der Waals surface area contributed by atoms with E-state index in [1.165, 1.54) is 0 Å². The third kappa shape index (κ3) is 3.28. The van der Waals surface area contributed by atoms with Crippen LogP contribution in [0.2, 0.25) is 0 Å². The molecule has 1 heterocycles. The van der Waals surface area contributed by atoms with Gasteiger partial charge in [0.1, 0.15) is 5.52 Å². The number of rotatable bonds is 4. The highest BCUT2D eigenvalue weighted by molar-refractivity contribution is 5.79. The molecule has 0 spiro atoms. The molecule has 3 aromatic rings. The Bertz CT molecular complexity index is 763. The maximum atomic E-state index is 11.9. The molecule has 3 rings (SSSR count). The van der Waals surface area contributed by atoms with Crippen LogP contribution >= 0.6 is 0 Å². The largest absolute Gasteiger partial charge is 0.441 e. The van der Waals surface area contributed by atoms with Gasteiger partial charge >= 0.3 is 0 Å². The van der Waals surface area contributed by atoms with E-state index in [9.17, 15) is 4.79 Å². The highest BCUT2D eigenvalue weighted by Crippen LogP contribution is 2.16. The molecule has 21 heavy (non-hydrogen) atoms. The number of hydrogen-bond donors (Lipinski definition) is 1. The topological polar surface area (TPSA) is 55.1 Å². The number of aromatic nitrogens is 1. The molecule has 2 aromatic carbocycles. The predicted octanol–water partition coefficient (Wildman–Crippen LogP) is 3.00. The van der Waals surface area contributed by atoms with Crippen molar-refractivity contribution in [2.24, 2.45) is 0 Å². The van der Waals surface area contributed by atoms with Crippen molar-refractivity contribution in [1.82, 2.24) is 10.3 Å². The van der Waals surface area contributed by atoms with Gasteiger partial charge in [0.15, 0.2) is 11.5 Å². The average molecular weight is 280 g/mol. The molecule has 4 heteroatoms. The summed E-state index contributed by atoms with van der Waals surface area (Å²) in [6, 6.07) is 15.5. The van der Waals surface area contributed by atoms with E-state index >= 15 is 0 Å². The lowest BCUT2D eigenvalue weighted by molar-refractivity contribution is -0.120. The van der Waals surface area contributed by atoms with Crippen LogP contribution in [0.4, 0.5) is 0 Å². The van der Waals surface area contributed by atoms with Gasteiger partial charge in [0.05, 0.1) is 6.42 Å². The predicted molar refractivity (Wildman–Crippen MR) is 80.7 cm³/mol. The second-order valence-corrected chi connectivity index (χ2v) is 4.97. The summed E-state index contributed by atoms with van der Waals surface area (Å²) in [5.74, 6) is 0.660. The Labute approximate surface area is 122 Å². The van der Waals surface area contributed by atoms with Crippen LogP contribution in [0.3, 0.4) is 0 Å². The standard InChI is InChI=1S/C17H16N2O2/c1-12-19-15-9-14(7-8-16(15)21-12)11-18-17(20)10-13-5-3-2-4-6-13/h2-9H,10-11H2,1H3,(H,18,20). The maximum Gasteiger partial charge on any atom is 0.224 e. The third-order valence-electron chi connectivity index (χ3n) is 3.26. The lowest BCUT2D eigenvalue weighted by Gasteiger charge is -2.05. The van der Waals surface area contributed by atoms with Crippen molar-refractivity contribution >= 4 is 17.0 Å². The summed E-state index contributed by atoms with van der Waals surface area (Å²) in [6.45, 7) is 2.31. The first-order valence-corrected chi connectivity index (χ1v) is 6.87. The number of oxazole rings is 1. The fourth-order valence-electron chi connectivity index (χ4n) is 2.24. The van der Waals surface area contributed by atoms with E-state index in [-0.39, 0.29) is 5.91 Å². The van der Waals surface area contributed by atoms with E-state index in [2.05, 4.69) is 10.3 Å². The molecule has 0 atom stereocenters. The molecule has 1 amide bonds.